The predicted octanol–water partition coefficient (Wildman–Crippen LogP) is 4.08. The van der Waals surface area contributed by atoms with Crippen molar-refractivity contribution in [1.82, 2.24) is 4.90 Å². The Morgan fingerprint density at radius 1 is 1.00 bits per heavy atom. The first-order chi connectivity index (χ1) is 7.25. The summed E-state index contributed by atoms with van der Waals surface area (Å²) in [6.07, 6.45) is 9.90. The molecule has 1 aliphatic heterocycles. The molecule has 0 aliphatic carbocycles. The van der Waals surface area contributed by atoms with Gasteiger partial charge < -0.3 is 4.90 Å². The maximum absolute atomic E-state index is 2.73. The van der Waals surface area contributed by atoms with Crippen molar-refractivity contribution in [2.45, 2.75) is 71.8 Å². The molecular weight excluding hydrogens is 182 g/mol. The minimum atomic E-state index is 0.801. The van der Waals surface area contributed by atoms with E-state index >= 15 is 0 Å². The van der Waals surface area contributed by atoms with Crippen LogP contribution in [-0.4, -0.2) is 24.0 Å². The van der Waals surface area contributed by atoms with Gasteiger partial charge in [-0.2, -0.15) is 0 Å². The van der Waals surface area contributed by atoms with Crippen molar-refractivity contribution in [3.8, 4) is 0 Å². The predicted molar refractivity (Wildman–Crippen MR) is 68.2 cm³/mol. The highest BCUT2D eigenvalue weighted by Crippen LogP contribution is 2.20. The second-order valence-corrected chi connectivity index (χ2v) is 5.31. The normalized spacial score (nSPS) is 23.4. The molecule has 0 saturated carbocycles. The Morgan fingerprint density at radius 2 is 1.60 bits per heavy atom. The standard InChI is InChI=1S/C14H29N/c1-4-5-10-13(2)14(3)15-11-8-6-7-9-12-15/h13-14H,4-12H2,1-3H3. The zero-order valence-corrected chi connectivity index (χ0v) is 11.0. The van der Waals surface area contributed by atoms with Crippen LogP contribution >= 0.6 is 0 Å². The Morgan fingerprint density at radius 3 is 2.13 bits per heavy atom. The highest BCUT2D eigenvalue weighted by molar-refractivity contribution is 4.74. The molecule has 1 fully saturated rings. The van der Waals surface area contributed by atoms with Gasteiger partial charge in [-0.3, -0.25) is 0 Å². The van der Waals surface area contributed by atoms with Crippen LogP contribution in [0.15, 0.2) is 0 Å². The van der Waals surface area contributed by atoms with Gasteiger partial charge in [-0.25, -0.2) is 0 Å². The van der Waals surface area contributed by atoms with Gasteiger partial charge in [-0.05, 0) is 45.2 Å². The van der Waals surface area contributed by atoms with Gasteiger partial charge in [-0.1, -0.05) is 39.5 Å². The van der Waals surface area contributed by atoms with Crippen LogP contribution in [0.4, 0.5) is 0 Å². The number of hydrogen-bond donors (Lipinski definition) is 0. The third-order valence-corrected chi connectivity index (χ3v) is 4.05. The van der Waals surface area contributed by atoms with E-state index in [-0.39, 0.29) is 0 Å². The lowest BCUT2D eigenvalue weighted by Crippen LogP contribution is -2.38. The third-order valence-electron chi connectivity index (χ3n) is 4.05. The topological polar surface area (TPSA) is 3.24 Å². The summed E-state index contributed by atoms with van der Waals surface area (Å²) in [4.78, 5) is 2.73. The summed E-state index contributed by atoms with van der Waals surface area (Å²) in [5, 5.41) is 0. The van der Waals surface area contributed by atoms with Crippen molar-refractivity contribution >= 4 is 0 Å². The van der Waals surface area contributed by atoms with E-state index in [1.807, 2.05) is 0 Å². The van der Waals surface area contributed by atoms with Gasteiger partial charge in [0, 0.05) is 6.04 Å². The maximum atomic E-state index is 2.73. The molecular formula is C14H29N. The van der Waals surface area contributed by atoms with Gasteiger partial charge in [0.1, 0.15) is 0 Å². The molecule has 1 nitrogen and oxygen atoms in total. The van der Waals surface area contributed by atoms with Crippen LogP contribution in [0.3, 0.4) is 0 Å². The second-order valence-electron chi connectivity index (χ2n) is 5.31. The summed E-state index contributed by atoms with van der Waals surface area (Å²) in [5.41, 5.74) is 0. The first kappa shape index (κ1) is 13.0. The maximum Gasteiger partial charge on any atom is 0.00925 e. The molecule has 0 bridgehead atoms. The van der Waals surface area contributed by atoms with Crippen molar-refractivity contribution in [3.05, 3.63) is 0 Å². The van der Waals surface area contributed by atoms with Crippen LogP contribution in [0.5, 0.6) is 0 Å². The first-order valence-corrected chi connectivity index (χ1v) is 6.99. The lowest BCUT2D eigenvalue weighted by molar-refractivity contribution is 0.160. The molecule has 0 aromatic carbocycles. The summed E-state index contributed by atoms with van der Waals surface area (Å²) in [5.74, 6) is 0.878. The molecule has 1 aliphatic rings. The Hall–Kier alpha value is -0.0400. The van der Waals surface area contributed by atoms with Crippen molar-refractivity contribution in [3.63, 3.8) is 0 Å². The molecule has 0 amide bonds. The van der Waals surface area contributed by atoms with Gasteiger partial charge in [0.15, 0.2) is 0 Å². The van der Waals surface area contributed by atoms with Crippen LogP contribution < -0.4 is 0 Å². The van der Waals surface area contributed by atoms with Gasteiger partial charge in [0.2, 0.25) is 0 Å². The fourth-order valence-electron chi connectivity index (χ4n) is 2.63. The lowest BCUT2D eigenvalue weighted by Gasteiger charge is -2.32. The van der Waals surface area contributed by atoms with E-state index in [9.17, 15) is 0 Å². The van der Waals surface area contributed by atoms with E-state index in [4.69, 9.17) is 0 Å². The number of hydrogen-bond acceptors (Lipinski definition) is 1. The molecule has 2 unspecified atom stereocenters. The van der Waals surface area contributed by atoms with Crippen LogP contribution in [-0.2, 0) is 0 Å². The third kappa shape index (κ3) is 4.55. The highest BCUT2D eigenvalue weighted by Gasteiger charge is 2.20. The molecule has 0 N–H and O–H groups in total. The Balaban J connectivity index is 2.32. The molecule has 0 spiro atoms. The summed E-state index contributed by atoms with van der Waals surface area (Å²) in [6.45, 7) is 9.86. The van der Waals surface area contributed by atoms with Crippen molar-refractivity contribution < 1.29 is 0 Å². The average Bonchev–Trinajstić information content (AvgIpc) is 2.53. The fourth-order valence-corrected chi connectivity index (χ4v) is 2.63. The summed E-state index contributed by atoms with van der Waals surface area (Å²) in [6, 6.07) is 0.801. The Labute approximate surface area is 96.2 Å². The highest BCUT2D eigenvalue weighted by atomic mass is 15.1. The van der Waals surface area contributed by atoms with E-state index in [1.165, 1.54) is 58.0 Å². The zero-order chi connectivity index (χ0) is 11.1. The minimum Gasteiger partial charge on any atom is -0.300 e. The molecule has 1 heteroatoms. The van der Waals surface area contributed by atoms with Gasteiger partial charge in [0.05, 0.1) is 0 Å². The van der Waals surface area contributed by atoms with E-state index in [0.717, 1.165) is 12.0 Å². The van der Waals surface area contributed by atoms with Crippen LogP contribution in [0, 0.1) is 5.92 Å². The number of likely N-dealkylation sites (tertiary alicyclic amines) is 1. The van der Waals surface area contributed by atoms with Crippen molar-refractivity contribution in [2.75, 3.05) is 13.1 Å². The van der Waals surface area contributed by atoms with E-state index in [2.05, 4.69) is 25.7 Å². The van der Waals surface area contributed by atoms with Crippen LogP contribution in [0.1, 0.15) is 65.7 Å². The molecule has 1 heterocycles. The van der Waals surface area contributed by atoms with Crippen LogP contribution in [0.25, 0.3) is 0 Å². The zero-order valence-electron chi connectivity index (χ0n) is 11.0. The van der Waals surface area contributed by atoms with Crippen LogP contribution in [0.2, 0.25) is 0 Å². The molecule has 0 aromatic rings. The minimum absolute atomic E-state index is 0.801. The first-order valence-electron chi connectivity index (χ1n) is 6.99. The van der Waals surface area contributed by atoms with Gasteiger partial charge in [0.25, 0.3) is 0 Å². The molecule has 1 rings (SSSR count). The second kappa shape index (κ2) is 7.27. The number of unbranched alkanes of at least 4 members (excludes halogenated alkanes) is 1. The average molecular weight is 211 g/mol. The van der Waals surface area contributed by atoms with E-state index in [1.54, 1.807) is 0 Å². The number of rotatable bonds is 5. The monoisotopic (exact) mass is 211 g/mol. The van der Waals surface area contributed by atoms with E-state index < -0.39 is 0 Å². The molecule has 0 aromatic heterocycles. The van der Waals surface area contributed by atoms with E-state index in [0.29, 0.717) is 0 Å². The molecule has 0 radical (unpaired) electrons. The van der Waals surface area contributed by atoms with Crippen molar-refractivity contribution in [2.24, 2.45) is 5.92 Å². The van der Waals surface area contributed by atoms with Gasteiger partial charge in [-0.15, -0.1) is 0 Å². The van der Waals surface area contributed by atoms with Gasteiger partial charge >= 0.3 is 0 Å². The largest absolute Gasteiger partial charge is 0.300 e. The molecule has 2 atom stereocenters. The molecule has 1 saturated heterocycles. The Kier molecular flexibility index (Phi) is 6.31. The van der Waals surface area contributed by atoms with Crippen molar-refractivity contribution in [1.29, 1.82) is 0 Å². The molecule has 15 heavy (non-hydrogen) atoms. The smallest absolute Gasteiger partial charge is 0.00925 e. The fraction of sp³-hybridized carbons (Fsp3) is 1.00. The quantitative estimate of drug-likeness (QED) is 0.662. The Bertz CT molecular complexity index is 147. The SMILES string of the molecule is CCCCC(C)C(C)N1CCCCCC1. The molecule has 90 valence electrons. The lowest BCUT2D eigenvalue weighted by atomic mass is 9.95. The summed E-state index contributed by atoms with van der Waals surface area (Å²) in [7, 11) is 0. The summed E-state index contributed by atoms with van der Waals surface area (Å²) < 4.78 is 0. The number of nitrogens with zero attached hydrogens (tertiary/aromatic N) is 1. The summed E-state index contributed by atoms with van der Waals surface area (Å²) >= 11 is 0.